The maximum atomic E-state index is 6.06. The molecule has 1 aliphatic carbocycles. The lowest BCUT2D eigenvalue weighted by atomic mass is 10.1. The first-order valence-electron chi connectivity index (χ1n) is 4.89. The predicted molar refractivity (Wildman–Crippen MR) is 52.5 cm³/mol. The molecule has 1 heterocycles. The van der Waals surface area contributed by atoms with Crippen molar-refractivity contribution >= 4 is 0 Å². The maximum Gasteiger partial charge on any atom is 0.126 e. The van der Waals surface area contributed by atoms with Crippen molar-refractivity contribution in [3.63, 3.8) is 0 Å². The molecule has 3 nitrogen and oxygen atoms in total. The Morgan fingerprint density at radius 2 is 2.08 bits per heavy atom. The number of hydrogen-bond acceptors (Lipinski definition) is 2. The summed E-state index contributed by atoms with van der Waals surface area (Å²) in [6.07, 6.45) is 2.13. The smallest absolute Gasteiger partial charge is 0.126 e. The summed E-state index contributed by atoms with van der Waals surface area (Å²) in [6.45, 7) is 6.38. The van der Waals surface area contributed by atoms with Crippen LogP contribution < -0.4 is 5.73 Å². The highest BCUT2D eigenvalue weighted by molar-refractivity contribution is 5.23. The van der Waals surface area contributed by atoms with E-state index in [1.807, 2.05) is 0 Å². The van der Waals surface area contributed by atoms with Crippen molar-refractivity contribution in [1.29, 1.82) is 0 Å². The number of hydrogen-bond donors (Lipinski definition) is 2. The van der Waals surface area contributed by atoms with E-state index in [0.29, 0.717) is 5.92 Å². The van der Waals surface area contributed by atoms with E-state index in [-0.39, 0.29) is 5.54 Å². The van der Waals surface area contributed by atoms with E-state index >= 15 is 0 Å². The van der Waals surface area contributed by atoms with E-state index in [4.69, 9.17) is 5.73 Å². The van der Waals surface area contributed by atoms with E-state index < -0.39 is 0 Å². The number of nitrogens with two attached hydrogens (primary N) is 1. The van der Waals surface area contributed by atoms with Gasteiger partial charge in [-0.3, -0.25) is 0 Å². The van der Waals surface area contributed by atoms with Crippen LogP contribution in [0.5, 0.6) is 0 Å². The monoisotopic (exact) mass is 179 g/mol. The zero-order valence-corrected chi connectivity index (χ0v) is 8.52. The minimum atomic E-state index is -0.127. The van der Waals surface area contributed by atoms with E-state index in [9.17, 15) is 0 Å². The number of rotatable bonds is 2. The fourth-order valence-electron chi connectivity index (χ4n) is 1.64. The lowest BCUT2D eigenvalue weighted by molar-refractivity contribution is 0.677. The summed E-state index contributed by atoms with van der Waals surface area (Å²) in [4.78, 5) is 7.85. The SMILES string of the molecule is Cc1[nH]c(C2(N)CC2)nc1C(C)C. The molecule has 0 amide bonds. The Bertz CT molecular complexity index is 321. The Kier molecular flexibility index (Phi) is 1.74. The van der Waals surface area contributed by atoms with Gasteiger partial charge in [0.1, 0.15) is 5.82 Å². The summed E-state index contributed by atoms with van der Waals surface area (Å²) < 4.78 is 0. The molecule has 1 aromatic rings. The third kappa shape index (κ3) is 1.37. The number of aryl methyl sites for hydroxylation is 1. The van der Waals surface area contributed by atoms with E-state index in [0.717, 1.165) is 24.4 Å². The normalized spacial score (nSPS) is 19.5. The van der Waals surface area contributed by atoms with Crippen LogP contribution in [-0.4, -0.2) is 9.97 Å². The molecule has 0 bridgehead atoms. The van der Waals surface area contributed by atoms with Gasteiger partial charge in [-0.1, -0.05) is 13.8 Å². The second-order valence-corrected chi connectivity index (χ2v) is 4.41. The van der Waals surface area contributed by atoms with E-state index in [1.165, 1.54) is 5.69 Å². The summed E-state index contributed by atoms with van der Waals surface area (Å²) >= 11 is 0. The van der Waals surface area contributed by atoms with Crippen LogP contribution in [0.4, 0.5) is 0 Å². The van der Waals surface area contributed by atoms with Gasteiger partial charge in [0.05, 0.1) is 11.2 Å². The molecule has 0 spiro atoms. The van der Waals surface area contributed by atoms with Crippen LogP contribution in [0.1, 0.15) is 49.8 Å². The first kappa shape index (κ1) is 8.75. The fourth-order valence-corrected chi connectivity index (χ4v) is 1.64. The van der Waals surface area contributed by atoms with Crippen molar-refractivity contribution in [2.45, 2.75) is 45.1 Å². The lowest BCUT2D eigenvalue weighted by Gasteiger charge is -2.02. The molecule has 3 N–H and O–H groups in total. The third-order valence-corrected chi connectivity index (χ3v) is 2.73. The summed E-state index contributed by atoms with van der Waals surface area (Å²) in [7, 11) is 0. The molecular weight excluding hydrogens is 162 g/mol. The molecule has 1 saturated carbocycles. The van der Waals surface area contributed by atoms with Gasteiger partial charge < -0.3 is 10.7 Å². The molecule has 0 atom stereocenters. The van der Waals surface area contributed by atoms with Crippen LogP contribution in [-0.2, 0) is 5.54 Å². The van der Waals surface area contributed by atoms with Crippen molar-refractivity contribution < 1.29 is 0 Å². The van der Waals surface area contributed by atoms with Gasteiger partial charge in [0.15, 0.2) is 0 Å². The van der Waals surface area contributed by atoms with Crippen molar-refractivity contribution in [2.24, 2.45) is 5.73 Å². The molecule has 0 aliphatic heterocycles. The lowest BCUT2D eigenvalue weighted by Crippen LogP contribution is -2.20. The van der Waals surface area contributed by atoms with Gasteiger partial charge >= 0.3 is 0 Å². The Labute approximate surface area is 78.7 Å². The topological polar surface area (TPSA) is 54.7 Å². The quantitative estimate of drug-likeness (QED) is 0.727. The Hall–Kier alpha value is -0.830. The highest BCUT2D eigenvalue weighted by Crippen LogP contribution is 2.41. The Morgan fingerprint density at radius 3 is 2.46 bits per heavy atom. The number of nitrogens with zero attached hydrogens (tertiary/aromatic N) is 1. The van der Waals surface area contributed by atoms with Crippen LogP contribution in [0.15, 0.2) is 0 Å². The van der Waals surface area contributed by atoms with E-state index in [1.54, 1.807) is 0 Å². The second-order valence-electron chi connectivity index (χ2n) is 4.41. The number of aromatic nitrogens is 2. The summed E-state index contributed by atoms with van der Waals surface area (Å²) in [5.41, 5.74) is 8.26. The van der Waals surface area contributed by atoms with Crippen molar-refractivity contribution in [2.75, 3.05) is 0 Å². The first-order valence-corrected chi connectivity index (χ1v) is 4.89. The highest BCUT2D eigenvalue weighted by Gasteiger charge is 2.43. The zero-order valence-electron chi connectivity index (χ0n) is 8.52. The molecule has 0 unspecified atom stereocenters. The average Bonchev–Trinajstić information content (AvgIpc) is 2.63. The van der Waals surface area contributed by atoms with Crippen LogP contribution >= 0.6 is 0 Å². The van der Waals surface area contributed by atoms with Gasteiger partial charge in [-0.2, -0.15) is 0 Å². The third-order valence-electron chi connectivity index (χ3n) is 2.73. The molecule has 13 heavy (non-hydrogen) atoms. The molecular formula is C10H17N3. The standard InChI is InChI=1S/C10H17N3/c1-6(2)8-7(3)12-9(13-8)10(11)4-5-10/h6H,4-5,11H2,1-3H3,(H,12,13). The molecule has 72 valence electrons. The Balaban J connectivity index is 2.35. The van der Waals surface area contributed by atoms with Gasteiger partial charge in [0, 0.05) is 5.69 Å². The van der Waals surface area contributed by atoms with Crippen LogP contribution in [0.25, 0.3) is 0 Å². The highest BCUT2D eigenvalue weighted by atomic mass is 15.0. The van der Waals surface area contributed by atoms with Gasteiger partial charge in [0.2, 0.25) is 0 Å². The largest absolute Gasteiger partial charge is 0.344 e. The fraction of sp³-hybridized carbons (Fsp3) is 0.700. The molecule has 1 aliphatic rings. The minimum absolute atomic E-state index is 0.127. The van der Waals surface area contributed by atoms with Gasteiger partial charge in [-0.25, -0.2) is 4.98 Å². The average molecular weight is 179 g/mol. The van der Waals surface area contributed by atoms with Crippen molar-refractivity contribution in [3.8, 4) is 0 Å². The second kappa shape index (κ2) is 2.58. The molecule has 0 radical (unpaired) electrons. The Morgan fingerprint density at radius 1 is 1.46 bits per heavy atom. The number of aromatic amines is 1. The number of imidazole rings is 1. The summed E-state index contributed by atoms with van der Waals surface area (Å²) in [5.74, 6) is 1.46. The zero-order chi connectivity index (χ0) is 9.64. The molecule has 1 fully saturated rings. The van der Waals surface area contributed by atoms with E-state index in [2.05, 4.69) is 30.7 Å². The minimum Gasteiger partial charge on any atom is -0.344 e. The molecule has 0 saturated heterocycles. The molecule has 1 aromatic heterocycles. The summed E-state index contributed by atoms with van der Waals surface area (Å²) in [6, 6.07) is 0. The van der Waals surface area contributed by atoms with Crippen molar-refractivity contribution in [3.05, 3.63) is 17.2 Å². The van der Waals surface area contributed by atoms with Crippen molar-refractivity contribution in [1.82, 2.24) is 9.97 Å². The predicted octanol–water partition coefficient (Wildman–Crippen LogP) is 1.79. The van der Waals surface area contributed by atoms with Crippen LogP contribution in [0.2, 0.25) is 0 Å². The van der Waals surface area contributed by atoms with Crippen LogP contribution in [0.3, 0.4) is 0 Å². The number of nitrogens with one attached hydrogen (secondary N) is 1. The van der Waals surface area contributed by atoms with Crippen LogP contribution in [0, 0.1) is 6.92 Å². The number of H-pyrrole nitrogens is 1. The van der Waals surface area contributed by atoms with Gasteiger partial charge in [-0.05, 0) is 25.7 Å². The van der Waals surface area contributed by atoms with Gasteiger partial charge in [0.25, 0.3) is 0 Å². The molecule has 2 rings (SSSR count). The summed E-state index contributed by atoms with van der Waals surface area (Å²) in [5, 5.41) is 0. The molecule has 3 heteroatoms. The first-order chi connectivity index (χ1) is 6.03. The van der Waals surface area contributed by atoms with Gasteiger partial charge in [-0.15, -0.1) is 0 Å². The molecule has 0 aromatic carbocycles. The maximum absolute atomic E-state index is 6.06.